The van der Waals surface area contributed by atoms with E-state index in [2.05, 4.69) is 9.71 Å². The summed E-state index contributed by atoms with van der Waals surface area (Å²) in [6.07, 6.45) is 2.78. The number of rotatable bonds is 8. The summed E-state index contributed by atoms with van der Waals surface area (Å²) in [4.78, 5) is 18.6. The molecule has 30 heavy (non-hydrogen) atoms. The Kier molecular flexibility index (Phi) is 7.39. The largest absolute Gasteiger partial charge is 0.341 e. The van der Waals surface area contributed by atoms with Gasteiger partial charge in [0.25, 0.3) is 10.0 Å². The third-order valence-electron chi connectivity index (χ3n) is 4.83. The minimum absolute atomic E-state index is 0.0461. The molecule has 0 atom stereocenters. The van der Waals surface area contributed by atoms with Crippen molar-refractivity contribution >= 4 is 45.0 Å². The normalized spacial score (nSPS) is 15.6. The van der Waals surface area contributed by atoms with E-state index in [0.29, 0.717) is 41.0 Å². The number of hydrogen-bond acceptors (Lipinski definition) is 4. The Labute approximate surface area is 187 Å². The van der Waals surface area contributed by atoms with E-state index in [9.17, 15) is 13.2 Å². The molecule has 0 aliphatic carbocycles. The standard InChI is InChI=1S/C21H23Cl2N3O3S/c1-26(14-15-10-11-16(22)13-18(15)23)20(27)9-3-2-6-12-24-21-17-7-4-5-8-19(17)30(28,29)25-21/h4-5,7-8,10-11,13H,2-3,6,9,12,14H2,1H3,(H,24,25). The molecule has 0 saturated heterocycles. The van der Waals surface area contributed by atoms with Crippen LogP contribution in [0.2, 0.25) is 10.0 Å². The molecule has 1 amide bonds. The van der Waals surface area contributed by atoms with Gasteiger partial charge in [-0.25, -0.2) is 8.42 Å². The first-order valence-electron chi connectivity index (χ1n) is 9.62. The van der Waals surface area contributed by atoms with Crippen molar-refractivity contribution in [3.8, 4) is 0 Å². The van der Waals surface area contributed by atoms with Crippen molar-refractivity contribution in [3.05, 3.63) is 63.6 Å². The third-order valence-corrected chi connectivity index (χ3v) is 6.81. The van der Waals surface area contributed by atoms with Gasteiger partial charge in [0.15, 0.2) is 0 Å². The Morgan fingerprint density at radius 1 is 1.10 bits per heavy atom. The van der Waals surface area contributed by atoms with Gasteiger partial charge in [-0.3, -0.25) is 14.5 Å². The maximum absolute atomic E-state index is 12.3. The molecule has 0 aromatic heterocycles. The lowest BCUT2D eigenvalue weighted by Gasteiger charge is -2.18. The van der Waals surface area contributed by atoms with Crippen LogP contribution in [0.25, 0.3) is 0 Å². The van der Waals surface area contributed by atoms with Crippen molar-refractivity contribution < 1.29 is 13.2 Å². The van der Waals surface area contributed by atoms with E-state index in [-0.39, 0.29) is 10.8 Å². The lowest BCUT2D eigenvalue weighted by atomic mass is 10.1. The summed E-state index contributed by atoms with van der Waals surface area (Å²) in [7, 11) is -1.75. The average Bonchev–Trinajstić information content (AvgIpc) is 2.97. The van der Waals surface area contributed by atoms with Gasteiger partial charge in [0, 0.05) is 42.2 Å². The van der Waals surface area contributed by atoms with E-state index in [0.717, 1.165) is 24.8 Å². The molecule has 0 fully saturated rings. The molecule has 1 aliphatic heterocycles. The van der Waals surface area contributed by atoms with Gasteiger partial charge in [-0.15, -0.1) is 0 Å². The molecule has 160 valence electrons. The van der Waals surface area contributed by atoms with Crippen LogP contribution >= 0.6 is 23.2 Å². The molecule has 0 spiro atoms. The Morgan fingerprint density at radius 2 is 1.87 bits per heavy atom. The highest BCUT2D eigenvalue weighted by Gasteiger charge is 2.29. The molecular weight excluding hydrogens is 445 g/mol. The highest BCUT2D eigenvalue weighted by molar-refractivity contribution is 7.90. The van der Waals surface area contributed by atoms with Crippen molar-refractivity contribution in [1.82, 2.24) is 9.62 Å². The van der Waals surface area contributed by atoms with Gasteiger partial charge in [0.1, 0.15) is 5.84 Å². The number of carbonyl (C=O) groups is 1. The Bertz CT molecular complexity index is 1070. The van der Waals surface area contributed by atoms with Gasteiger partial charge in [-0.1, -0.05) is 47.8 Å². The number of aliphatic imine (C=N–C) groups is 1. The first kappa shape index (κ1) is 22.6. The smallest absolute Gasteiger partial charge is 0.263 e. The number of nitrogens with one attached hydrogen (secondary N) is 1. The van der Waals surface area contributed by atoms with Crippen LogP contribution in [0.5, 0.6) is 0 Å². The van der Waals surface area contributed by atoms with Crippen LogP contribution in [-0.4, -0.2) is 38.7 Å². The van der Waals surface area contributed by atoms with Crippen LogP contribution in [-0.2, 0) is 21.4 Å². The fourth-order valence-electron chi connectivity index (χ4n) is 3.19. The third kappa shape index (κ3) is 5.53. The molecule has 6 nitrogen and oxygen atoms in total. The lowest BCUT2D eigenvalue weighted by Crippen LogP contribution is -2.26. The zero-order chi connectivity index (χ0) is 21.7. The van der Waals surface area contributed by atoms with Crippen LogP contribution in [0.3, 0.4) is 0 Å². The highest BCUT2D eigenvalue weighted by Crippen LogP contribution is 2.23. The number of halogens is 2. The molecule has 1 heterocycles. The number of benzene rings is 2. The van der Waals surface area contributed by atoms with Gasteiger partial charge in [0.2, 0.25) is 5.91 Å². The van der Waals surface area contributed by atoms with Gasteiger partial charge in [-0.05, 0) is 42.7 Å². The van der Waals surface area contributed by atoms with Crippen molar-refractivity contribution in [2.75, 3.05) is 13.6 Å². The molecular formula is C21H23Cl2N3O3S. The molecule has 0 saturated carbocycles. The zero-order valence-electron chi connectivity index (χ0n) is 16.6. The second kappa shape index (κ2) is 9.81. The second-order valence-corrected chi connectivity index (χ2v) is 9.62. The van der Waals surface area contributed by atoms with Crippen LogP contribution in [0.1, 0.15) is 36.8 Å². The van der Waals surface area contributed by atoms with Gasteiger partial charge in [0.05, 0.1) is 4.90 Å². The van der Waals surface area contributed by atoms with Gasteiger partial charge < -0.3 is 4.90 Å². The number of nitrogens with zero attached hydrogens (tertiary/aromatic N) is 2. The predicted octanol–water partition coefficient (Wildman–Crippen LogP) is 4.25. The SMILES string of the molecule is CN(Cc1ccc(Cl)cc1Cl)C(=O)CCCCCN=C1NS(=O)(=O)c2ccccc21. The lowest BCUT2D eigenvalue weighted by molar-refractivity contribution is -0.130. The molecule has 3 rings (SSSR count). The predicted molar refractivity (Wildman–Crippen MR) is 120 cm³/mol. The fourth-order valence-corrected chi connectivity index (χ4v) is 4.91. The molecule has 9 heteroatoms. The Morgan fingerprint density at radius 3 is 2.63 bits per heavy atom. The Balaban J connectivity index is 1.41. The first-order chi connectivity index (χ1) is 14.3. The van der Waals surface area contributed by atoms with E-state index in [4.69, 9.17) is 23.2 Å². The van der Waals surface area contributed by atoms with Crippen LogP contribution in [0.15, 0.2) is 52.4 Å². The number of unbranched alkanes of at least 4 members (excludes halogenated alkanes) is 2. The number of fused-ring (bicyclic) bond motifs is 1. The highest BCUT2D eigenvalue weighted by atomic mass is 35.5. The molecule has 1 aliphatic rings. The second-order valence-electron chi connectivity index (χ2n) is 7.13. The molecule has 0 unspecified atom stereocenters. The number of sulfonamides is 1. The van der Waals surface area contributed by atoms with Crippen LogP contribution in [0.4, 0.5) is 0 Å². The van der Waals surface area contributed by atoms with Gasteiger partial charge >= 0.3 is 0 Å². The number of amides is 1. The number of amidine groups is 1. The summed E-state index contributed by atoms with van der Waals surface area (Å²) < 4.78 is 26.6. The van der Waals surface area contributed by atoms with E-state index in [1.807, 2.05) is 6.07 Å². The van der Waals surface area contributed by atoms with Crippen molar-refractivity contribution in [2.45, 2.75) is 37.1 Å². The number of carbonyl (C=O) groups excluding carboxylic acids is 1. The summed E-state index contributed by atoms with van der Waals surface area (Å²) in [5.74, 6) is 0.436. The fraction of sp³-hybridized carbons (Fsp3) is 0.333. The monoisotopic (exact) mass is 467 g/mol. The van der Waals surface area contributed by atoms with Gasteiger partial charge in [-0.2, -0.15) is 0 Å². The van der Waals surface area contributed by atoms with Crippen LogP contribution in [0, 0.1) is 0 Å². The molecule has 0 bridgehead atoms. The van der Waals surface area contributed by atoms with Crippen molar-refractivity contribution in [3.63, 3.8) is 0 Å². The zero-order valence-corrected chi connectivity index (χ0v) is 18.9. The molecule has 0 radical (unpaired) electrons. The maximum atomic E-state index is 12.3. The van der Waals surface area contributed by atoms with Crippen molar-refractivity contribution in [2.24, 2.45) is 4.99 Å². The van der Waals surface area contributed by atoms with Crippen molar-refractivity contribution in [1.29, 1.82) is 0 Å². The summed E-state index contributed by atoms with van der Waals surface area (Å²) in [5.41, 5.74) is 1.46. The molecule has 2 aromatic rings. The Hall–Kier alpha value is -2.09. The minimum Gasteiger partial charge on any atom is -0.341 e. The van der Waals surface area contributed by atoms with E-state index >= 15 is 0 Å². The quantitative estimate of drug-likeness (QED) is 0.589. The van der Waals surface area contributed by atoms with Crippen LogP contribution < -0.4 is 4.72 Å². The first-order valence-corrected chi connectivity index (χ1v) is 11.9. The topological polar surface area (TPSA) is 78.8 Å². The summed E-state index contributed by atoms with van der Waals surface area (Å²) in [5, 5.41) is 1.11. The summed E-state index contributed by atoms with van der Waals surface area (Å²) >= 11 is 12.1. The molecule has 2 aromatic carbocycles. The maximum Gasteiger partial charge on any atom is 0.263 e. The van der Waals surface area contributed by atoms with E-state index in [1.165, 1.54) is 0 Å². The minimum atomic E-state index is -3.50. The molecule has 1 N–H and O–H groups in total. The number of hydrogen-bond donors (Lipinski definition) is 1. The summed E-state index contributed by atoms with van der Waals surface area (Å²) in [6, 6.07) is 12.0. The van der Waals surface area contributed by atoms with E-state index in [1.54, 1.807) is 48.3 Å². The average molecular weight is 468 g/mol. The summed E-state index contributed by atoms with van der Waals surface area (Å²) in [6.45, 7) is 0.929. The van der Waals surface area contributed by atoms with E-state index < -0.39 is 10.0 Å².